The summed E-state index contributed by atoms with van der Waals surface area (Å²) in [6.07, 6.45) is 2.88. The van der Waals surface area contributed by atoms with Crippen LogP contribution in [0.1, 0.15) is 24.8 Å². The fourth-order valence-electron chi connectivity index (χ4n) is 3.81. The summed E-state index contributed by atoms with van der Waals surface area (Å²) in [6, 6.07) is 4.21. The molecule has 0 atom stereocenters. The van der Waals surface area contributed by atoms with Crippen LogP contribution < -0.4 is 10.0 Å². The smallest absolute Gasteiger partial charge is 0.243 e. The molecule has 1 aromatic carbocycles. The molecule has 0 bridgehead atoms. The van der Waals surface area contributed by atoms with Crippen molar-refractivity contribution in [1.82, 2.24) is 14.3 Å². The van der Waals surface area contributed by atoms with E-state index in [9.17, 15) is 16.8 Å². The Morgan fingerprint density at radius 3 is 2.40 bits per heavy atom. The first-order valence-electron chi connectivity index (χ1n) is 8.45. The standard InChI is InChI=1S/C16H25N3O4S2/c1-13-11-14(3-4-15(13)24(20,21)17-2)25(22,23)19-10-7-16(12-19)5-8-18-9-6-16/h3-4,11,17-18H,5-10,12H2,1-2H3. The van der Waals surface area contributed by atoms with Crippen molar-refractivity contribution >= 4 is 20.0 Å². The van der Waals surface area contributed by atoms with E-state index in [1.165, 1.54) is 25.2 Å². The Kier molecular flexibility index (Phi) is 4.97. The molecule has 2 N–H and O–H groups in total. The SMILES string of the molecule is CNS(=O)(=O)c1ccc(S(=O)(=O)N2CCC3(CCNCC3)C2)cc1C. The van der Waals surface area contributed by atoms with E-state index in [-0.39, 0.29) is 15.2 Å². The molecule has 3 rings (SSSR count). The van der Waals surface area contributed by atoms with E-state index < -0.39 is 20.0 Å². The average molecular weight is 388 g/mol. The third-order valence-corrected chi connectivity index (χ3v) is 8.83. The predicted molar refractivity (Wildman–Crippen MR) is 95.3 cm³/mol. The molecule has 2 fully saturated rings. The first-order valence-corrected chi connectivity index (χ1v) is 11.4. The van der Waals surface area contributed by atoms with Gasteiger partial charge in [0.05, 0.1) is 9.79 Å². The monoisotopic (exact) mass is 387 g/mol. The summed E-state index contributed by atoms with van der Waals surface area (Å²) < 4.78 is 53.7. The molecule has 0 radical (unpaired) electrons. The molecule has 7 nitrogen and oxygen atoms in total. The quantitative estimate of drug-likeness (QED) is 0.792. The van der Waals surface area contributed by atoms with Crippen molar-refractivity contribution < 1.29 is 16.8 Å². The van der Waals surface area contributed by atoms with Gasteiger partial charge in [0.1, 0.15) is 0 Å². The molecule has 1 aromatic rings. The summed E-state index contributed by atoms with van der Waals surface area (Å²) in [5.74, 6) is 0. The van der Waals surface area contributed by atoms with Crippen molar-refractivity contribution in [3.8, 4) is 0 Å². The predicted octanol–water partition coefficient (Wildman–Crippen LogP) is 0.667. The molecule has 9 heteroatoms. The minimum Gasteiger partial charge on any atom is -0.317 e. The summed E-state index contributed by atoms with van der Waals surface area (Å²) >= 11 is 0. The van der Waals surface area contributed by atoms with Gasteiger partial charge in [-0.25, -0.2) is 21.6 Å². The molecular formula is C16H25N3O4S2. The van der Waals surface area contributed by atoms with Crippen molar-refractivity contribution in [2.45, 2.75) is 36.0 Å². The summed E-state index contributed by atoms with van der Waals surface area (Å²) in [5.41, 5.74) is 0.508. The molecule has 25 heavy (non-hydrogen) atoms. The molecule has 1 spiro atoms. The van der Waals surface area contributed by atoms with Gasteiger partial charge in [0.2, 0.25) is 20.0 Å². The molecule has 140 valence electrons. The van der Waals surface area contributed by atoms with E-state index in [2.05, 4.69) is 10.0 Å². The van der Waals surface area contributed by atoms with Gasteiger partial charge in [0.25, 0.3) is 0 Å². The number of benzene rings is 1. The largest absolute Gasteiger partial charge is 0.317 e. The van der Waals surface area contributed by atoms with Gasteiger partial charge in [-0.15, -0.1) is 0 Å². The number of hydrogen-bond donors (Lipinski definition) is 2. The van der Waals surface area contributed by atoms with E-state index in [0.29, 0.717) is 18.7 Å². The lowest BCUT2D eigenvalue weighted by Crippen LogP contribution is -2.39. The molecule has 0 saturated carbocycles. The lowest BCUT2D eigenvalue weighted by Gasteiger charge is -2.33. The van der Waals surface area contributed by atoms with Gasteiger partial charge < -0.3 is 5.32 Å². The van der Waals surface area contributed by atoms with Crippen LogP contribution in [0.15, 0.2) is 28.0 Å². The number of nitrogens with one attached hydrogen (secondary N) is 2. The summed E-state index contributed by atoms with van der Waals surface area (Å²) in [4.78, 5) is 0.260. The van der Waals surface area contributed by atoms with Crippen LogP contribution in [0.25, 0.3) is 0 Å². The van der Waals surface area contributed by atoms with E-state index in [4.69, 9.17) is 0 Å². The minimum absolute atomic E-state index is 0.0861. The second-order valence-electron chi connectivity index (χ2n) is 6.97. The highest BCUT2D eigenvalue weighted by molar-refractivity contribution is 7.89. The summed E-state index contributed by atoms with van der Waals surface area (Å²) in [5, 5.41) is 3.32. The van der Waals surface area contributed by atoms with Crippen molar-refractivity contribution in [3.63, 3.8) is 0 Å². The van der Waals surface area contributed by atoms with Crippen molar-refractivity contribution in [1.29, 1.82) is 0 Å². The number of hydrogen-bond acceptors (Lipinski definition) is 5. The molecule has 2 saturated heterocycles. The molecule has 0 unspecified atom stereocenters. The van der Waals surface area contributed by atoms with Crippen LogP contribution in [0.5, 0.6) is 0 Å². The number of sulfonamides is 2. The van der Waals surface area contributed by atoms with Gasteiger partial charge in [0.15, 0.2) is 0 Å². The fraction of sp³-hybridized carbons (Fsp3) is 0.625. The minimum atomic E-state index is -3.61. The third-order valence-electron chi connectivity index (χ3n) is 5.41. The van der Waals surface area contributed by atoms with Crippen LogP contribution in [-0.2, 0) is 20.0 Å². The summed E-state index contributed by atoms with van der Waals surface area (Å²) in [7, 11) is -5.87. The number of nitrogens with zero attached hydrogens (tertiary/aromatic N) is 1. The van der Waals surface area contributed by atoms with Crippen LogP contribution in [0.4, 0.5) is 0 Å². The lowest BCUT2D eigenvalue weighted by molar-refractivity contribution is 0.218. The Morgan fingerprint density at radius 1 is 1.12 bits per heavy atom. The first-order chi connectivity index (χ1) is 11.7. The molecule has 0 amide bonds. The normalized spacial score (nSPS) is 21.7. The topological polar surface area (TPSA) is 95.6 Å². The van der Waals surface area contributed by atoms with Gasteiger partial charge in [-0.3, -0.25) is 0 Å². The zero-order valence-corrected chi connectivity index (χ0v) is 16.2. The number of aryl methyl sites for hydroxylation is 1. The Morgan fingerprint density at radius 2 is 1.80 bits per heavy atom. The zero-order valence-electron chi connectivity index (χ0n) is 14.6. The maximum atomic E-state index is 13.0. The Balaban J connectivity index is 1.87. The molecule has 0 aromatic heterocycles. The maximum absolute atomic E-state index is 13.0. The van der Waals surface area contributed by atoms with Crippen LogP contribution >= 0.6 is 0 Å². The van der Waals surface area contributed by atoms with E-state index in [1.807, 2.05) is 0 Å². The molecule has 2 heterocycles. The molecular weight excluding hydrogens is 362 g/mol. The molecule has 2 aliphatic heterocycles. The summed E-state index contributed by atoms with van der Waals surface area (Å²) in [6.45, 7) is 4.55. The van der Waals surface area contributed by atoms with Gasteiger partial charge in [-0.1, -0.05) is 0 Å². The van der Waals surface area contributed by atoms with Gasteiger partial charge >= 0.3 is 0 Å². The van der Waals surface area contributed by atoms with E-state index in [0.717, 1.165) is 32.4 Å². The van der Waals surface area contributed by atoms with E-state index >= 15 is 0 Å². The Labute approximate surface area is 149 Å². The van der Waals surface area contributed by atoms with Crippen LogP contribution in [0.3, 0.4) is 0 Å². The second-order valence-corrected chi connectivity index (χ2v) is 10.8. The lowest BCUT2D eigenvalue weighted by atomic mass is 9.78. The third kappa shape index (κ3) is 3.48. The highest BCUT2D eigenvalue weighted by atomic mass is 32.2. The van der Waals surface area contributed by atoms with Crippen LogP contribution in [0.2, 0.25) is 0 Å². The van der Waals surface area contributed by atoms with Crippen molar-refractivity contribution in [3.05, 3.63) is 23.8 Å². The van der Waals surface area contributed by atoms with Gasteiger partial charge in [-0.2, -0.15) is 4.31 Å². The Hall–Kier alpha value is -1.00. The van der Waals surface area contributed by atoms with Gasteiger partial charge in [-0.05, 0) is 75.5 Å². The van der Waals surface area contributed by atoms with Crippen LogP contribution in [0, 0.1) is 12.3 Å². The van der Waals surface area contributed by atoms with Gasteiger partial charge in [0, 0.05) is 13.1 Å². The van der Waals surface area contributed by atoms with Crippen molar-refractivity contribution in [2.75, 3.05) is 33.2 Å². The highest BCUT2D eigenvalue weighted by Crippen LogP contribution is 2.40. The second kappa shape index (κ2) is 6.62. The highest BCUT2D eigenvalue weighted by Gasteiger charge is 2.43. The molecule has 0 aliphatic carbocycles. The van der Waals surface area contributed by atoms with Crippen LogP contribution in [-0.4, -0.2) is 54.4 Å². The van der Waals surface area contributed by atoms with Crippen molar-refractivity contribution in [2.24, 2.45) is 5.41 Å². The molecule has 2 aliphatic rings. The fourth-order valence-corrected chi connectivity index (χ4v) is 6.40. The maximum Gasteiger partial charge on any atom is 0.243 e. The zero-order chi connectivity index (χ0) is 18.3. The Bertz CT molecular complexity index is 859. The van der Waals surface area contributed by atoms with E-state index in [1.54, 1.807) is 11.2 Å². The number of piperidine rings is 1. The average Bonchev–Trinajstić information content (AvgIpc) is 2.99. The first kappa shape index (κ1) is 18.8. The number of rotatable bonds is 4.